The van der Waals surface area contributed by atoms with Gasteiger partial charge in [0, 0.05) is 5.56 Å². The molecule has 7 heteroatoms. The number of benzene rings is 2. The van der Waals surface area contributed by atoms with Crippen LogP contribution in [0.2, 0.25) is 0 Å². The summed E-state index contributed by atoms with van der Waals surface area (Å²) in [6.07, 6.45) is 0.752. The van der Waals surface area contributed by atoms with E-state index in [4.69, 9.17) is 9.47 Å². The first-order valence-electron chi connectivity index (χ1n) is 6.90. The highest BCUT2D eigenvalue weighted by molar-refractivity contribution is 5.76. The van der Waals surface area contributed by atoms with Crippen LogP contribution in [0.3, 0.4) is 0 Å². The Morgan fingerprint density at radius 2 is 1.96 bits per heavy atom. The highest BCUT2D eigenvalue weighted by Gasteiger charge is 2.11. The number of rotatable bonds is 6. The molecule has 0 saturated heterocycles. The summed E-state index contributed by atoms with van der Waals surface area (Å²) in [7, 11) is 1.52. The van der Waals surface area contributed by atoms with Gasteiger partial charge in [-0.3, -0.25) is 4.79 Å². The summed E-state index contributed by atoms with van der Waals surface area (Å²) < 4.78 is 12.6. The predicted octanol–water partition coefficient (Wildman–Crippen LogP) is 2.06. The summed E-state index contributed by atoms with van der Waals surface area (Å²) in [5.41, 5.74) is 1.36. The average Bonchev–Trinajstić information content (AvgIpc) is 3.09. The van der Waals surface area contributed by atoms with E-state index in [1.54, 1.807) is 22.9 Å². The maximum atomic E-state index is 10.8. The third-order valence-corrected chi connectivity index (χ3v) is 3.22. The molecule has 0 unspecified atom stereocenters. The number of aldehydes is 1. The Kier molecular flexibility index (Phi) is 4.28. The lowest BCUT2D eigenvalue weighted by molar-refractivity contribution is 0.112. The maximum absolute atomic E-state index is 10.8. The van der Waals surface area contributed by atoms with Crippen LogP contribution in [0.15, 0.2) is 48.5 Å². The largest absolute Gasteiger partial charge is 0.493 e. The molecule has 0 fully saturated rings. The summed E-state index contributed by atoms with van der Waals surface area (Å²) in [5, 5.41) is 11.6. The van der Waals surface area contributed by atoms with Gasteiger partial charge in [0.05, 0.1) is 12.8 Å². The van der Waals surface area contributed by atoms with E-state index in [0.717, 1.165) is 12.0 Å². The number of nitrogens with zero attached hydrogens (tertiary/aromatic N) is 4. The van der Waals surface area contributed by atoms with Gasteiger partial charge >= 0.3 is 0 Å². The predicted molar refractivity (Wildman–Crippen MR) is 81.9 cm³/mol. The summed E-state index contributed by atoms with van der Waals surface area (Å²) in [4.78, 5) is 10.8. The Hall–Kier alpha value is -3.22. The number of carbonyl (C=O) groups is 1. The standard InChI is InChI=1S/C16H14N4O3/c1-22-15-9-12(10-21)7-8-14(15)23-11-16-17-18-19-20(16)13-5-3-2-4-6-13/h2-10H,11H2,1H3. The molecule has 0 spiro atoms. The lowest BCUT2D eigenvalue weighted by atomic mass is 10.2. The van der Waals surface area contributed by atoms with Crippen molar-refractivity contribution in [3.63, 3.8) is 0 Å². The number of carbonyl (C=O) groups excluding carboxylic acids is 1. The Morgan fingerprint density at radius 1 is 1.13 bits per heavy atom. The number of para-hydroxylation sites is 1. The summed E-state index contributed by atoms with van der Waals surface area (Å²) in [6, 6.07) is 14.5. The van der Waals surface area contributed by atoms with Crippen LogP contribution in [0.1, 0.15) is 16.2 Å². The zero-order chi connectivity index (χ0) is 16.1. The molecule has 0 atom stereocenters. The van der Waals surface area contributed by atoms with Gasteiger partial charge in [-0.15, -0.1) is 5.10 Å². The number of tetrazole rings is 1. The average molecular weight is 310 g/mol. The summed E-state index contributed by atoms with van der Waals surface area (Å²) in [5.74, 6) is 1.55. The van der Waals surface area contributed by atoms with Gasteiger partial charge in [0.25, 0.3) is 0 Å². The van der Waals surface area contributed by atoms with Crippen LogP contribution in [0.25, 0.3) is 5.69 Å². The first-order chi connectivity index (χ1) is 11.3. The molecule has 0 N–H and O–H groups in total. The maximum Gasteiger partial charge on any atom is 0.194 e. The Labute approximate surface area is 132 Å². The minimum Gasteiger partial charge on any atom is -0.493 e. The van der Waals surface area contributed by atoms with Gasteiger partial charge in [0.2, 0.25) is 0 Å². The van der Waals surface area contributed by atoms with E-state index < -0.39 is 0 Å². The third-order valence-electron chi connectivity index (χ3n) is 3.22. The molecule has 3 aromatic rings. The van der Waals surface area contributed by atoms with E-state index in [0.29, 0.717) is 22.9 Å². The van der Waals surface area contributed by atoms with E-state index in [1.807, 2.05) is 30.3 Å². The molecule has 0 aliphatic heterocycles. The van der Waals surface area contributed by atoms with E-state index >= 15 is 0 Å². The second kappa shape index (κ2) is 6.69. The lowest BCUT2D eigenvalue weighted by Gasteiger charge is -2.11. The van der Waals surface area contributed by atoms with Crippen molar-refractivity contribution < 1.29 is 14.3 Å². The van der Waals surface area contributed by atoms with E-state index in [9.17, 15) is 4.79 Å². The van der Waals surface area contributed by atoms with Gasteiger partial charge in [0.15, 0.2) is 23.9 Å². The highest BCUT2D eigenvalue weighted by Crippen LogP contribution is 2.28. The molecule has 0 amide bonds. The van der Waals surface area contributed by atoms with Crippen LogP contribution in [0.4, 0.5) is 0 Å². The second-order valence-corrected chi connectivity index (χ2v) is 4.66. The SMILES string of the molecule is COc1cc(C=O)ccc1OCc1nnnn1-c1ccccc1. The molecule has 116 valence electrons. The number of hydrogen-bond acceptors (Lipinski definition) is 6. The van der Waals surface area contributed by atoms with Gasteiger partial charge < -0.3 is 9.47 Å². The van der Waals surface area contributed by atoms with Crippen LogP contribution in [0, 0.1) is 0 Å². The molecular weight excluding hydrogens is 296 g/mol. The van der Waals surface area contributed by atoms with Crippen molar-refractivity contribution in [1.29, 1.82) is 0 Å². The molecule has 2 aromatic carbocycles. The van der Waals surface area contributed by atoms with Crippen molar-refractivity contribution in [1.82, 2.24) is 20.2 Å². The Morgan fingerprint density at radius 3 is 2.70 bits per heavy atom. The lowest BCUT2D eigenvalue weighted by Crippen LogP contribution is -2.07. The Balaban J connectivity index is 1.80. The third kappa shape index (κ3) is 3.18. The van der Waals surface area contributed by atoms with Crippen molar-refractivity contribution >= 4 is 6.29 Å². The smallest absolute Gasteiger partial charge is 0.194 e. The minimum atomic E-state index is 0.165. The molecule has 23 heavy (non-hydrogen) atoms. The van der Waals surface area contributed by atoms with Crippen molar-refractivity contribution in [2.75, 3.05) is 7.11 Å². The molecule has 7 nitrogen and oxygen atoms in total. The first-order valence-corrected chi connectivity index (χ1v) is 6.90. The van der Waals surface area contributed by atoms with Crippen molar-refractivity contribution in [2.45, 2.75) is 6.61 Å². The number of ether oxygens (including phenoxy) is 2. The summed E-state index contributed by atoms with van der Waals surface area (Å²) >= 11 is 0. The van der Waals surface area contributed by atoms with Crippen LogP contribution < -0.4 is 9.47 Å². The molecule has 0 radical (unpaired) electrons. The van der Waals surface area contributed by atoms with Crippen LogP contribution in [-0.2, 0) is 6.61 Å². The molecule has 0 bridgehead atoms. The van der Waals surface area contributed by atoms with Gasteiger partial charge in [-0.05, 0) is 40.8 Å². The number of hydrogen-bond donors (Lipinski definition) is 0. The van der Waals surface area contributed by atoms with E-state index in [1.165, 1.54) is 7.11 Å². The fraction of sp³-hybridized carbons (Fsp3) is 0.125. The first kappa shape index (κ1) is 14.7. The zero-order valence-electron chi connectivity index (χ0n) is 12.4. The number of methoxy groups -OCH3 is 1. The fourth-order valence-corrected chi connectivity index (χ4v) is 2.08. The zero-order valence-corrected chi connectivity index (χ0v) is 12.4. The number of aromatic nitrogens is 4. The normalized spacial score (nSPS) is 10.3. The van der Waals surface area contributed by atoms with Crippen LogP contribution in [-0.4, -0.2) is 33.6 Å². The van der Waals surface area contributed by atoms with Gasteiger partial charge in [0.1, 0.15) is 6.29 Å². The fourth-order valence-electron chi connectivity index (χ4n) is 2.08. The molecule has 1 heterocycles. The van der Waals surface area contributed by atoms with E-state index in [2.05, 4.69) is 15.5 Å². The summed E-state index contributed by atoms with van der Waals surface area (Å²) in [6.45, 7) is 0.165. The highest BCUT2D eigenvalue weighted by atomic mass is 16.5. The van der Waals surface area contributed by atoms with Crippen molar-refractivity contribution in [3.05, 3.63) is 59.9 Å². The van der Waals surface area contributed by atoms with Gasteiger partial charge in [-0.25, -0.2) is 0 Å². The van der Waals surface area contributed by atoms with Crippen molar-refractivity contribution in [2.24, 2.45) is 0 Å². The monoisotopic (exact) mass is 310 g/mol. The molecule has 3 rings (SSSR count). The van der Waals surface area contributed by atoms with Crippen LogP contribution >= 0.6 is 0 Å². The van der Waals surface area contributed by atoms with Crippen LogP contribution in [0.5, 0.6) is 11.5 Å². The minimum absolute atomic E-state index is 0.165. The van der Waals surface area contributed by atoms with Gasteiger partial charge in [-0.2, -0.15) is 4.68 Å². The molecule has 0 aliphatic carbocycles. The van der Waals surface area contributed by atoms with E-state index in [-0.39, 0.29) is 6.61 Å². The Bertz CT molecular complexity index is 802. The van der Waals surface area contributed by atoms with Crippen molar-refractivity contribution in [3.8, 4) is 17.2 Å². The quantitative estimate of drug-likeness (QED) is 0.648. The molecular formula is C16H14N4O3. The topological polar surface area (TPSA) is 79.1 Å². The molecule has 1 aromatic heterocycles. The molecule has 0 saturated carbocycles. The van der Waals surface area contributed by atoms with Gasteiger partial charge in [-0.1, -0.05) is 18.2 Å². The molecule has 0 aliphatic rings. The second-order valence-electron chi connectivity index (χ2n) is 4.66.